The number of amides is 1. The lowest BCUT2D eigenvalue weighted by molar-refractivity contribution is -0.385. The Labute approximate surface area is 91.6 Å². The van der Waals surface area contributed by atoms with Crippen LogP contribution in [0.2, 0.25) is 0 Å². The molecule has 3 rings (SSSR count). The lowest BCUT2D eigenvalue weighted by Crippen LogP contribution is -2.20. The van der Waals surface area contributed by atoms with Crippen molar-refractivity contribution in [3.63, 3.8) is 0 Å². The number of aryl methyl sites for hydroxylation is 1. The molecule has 5 heteroatoms. The van der Waals surface area contributed by atoms with Crippen molar-refractivity contribution in [3.05, 3.63) is 33.4 Å². The smallest absolute Gasteiger partial charge is 0.270 e. The van der Waals surface area contributed by atoms with Crippen molar-refractivity contribution in [2.24, 2.45) is 5.92 Å². The van der Waals surface area contributed by atoms with Gasteiger partial charge in [-0.05, 0) is 30.4 Å². The molecule has 0 aromatic heterocycles. The van der Waals surface area contributed by atoms with Gasteiger partial charge < -0.3 is 5.32 Å². The molecule has 1 N–H and O–H groups in total. The molecule has 1 amide bonds. The summed E-state index contributed by atoms with van der Waals surface area (Å²) >= 11 is 0. The number of hydrogen-bond acceptors (Lipinski definition) is 3. The van der Waals surface area contributed by atoms with Crippen molar-refractivity contribution in [1.82, 2.24) is 0 Å². The third-order valence-electron chi connectivity index (χ3n) is 3.34. The first kappa shape index (κ1) is 9.33. The SMILES string of the molecule is Cc1cc([N+](=O)[O-])cc2c1NC(=O)C1CC21. The van der Waals surface area contributed by atoms with E-state index in [1.807, 2.05) is 0 Å². The van der Waals surface area contributed by atoms with Crippen LogP contribution in [0.5, 0.6) is 0 Å². The Hall–Kier alpha value is -1.91. The second-order valence-corrected chi connectivity index (χ2v) is 4.42. The summed E-state index contributed by atoms with van der Waals surface area (Å²) in [5, 5.41) is 13.6. The molecule has 1 aliphatic heterocycles. The predicted octanol–water partition coefficient (Wildman–Crippen LogP) is 1.96. The molecule has 0 radical (unpaired) electrons. The first-order chi connectivity index (χ1) is 7.58. The molecule has 2 atom stereocenters. The summed E-state index contributed by atoms with van der Waals surface area (Å²) in [5.41, 5.74) is 2.58. The van der Waals surface area contributed by atoms with Crippen LogP contribution >= 0.6 is 0 Å². The highest BCUT2D eigenvalue weighted by Crippen LogP contribution is 2.54. The average Bonchev–Trinajstić information content (AvgIpc) is 2.99. The number of nitrogens with zero attached hydrogens (tertiary/aromatic N) is 1. The van der Waals surface area contributed by atoms with E-state index in [4.69, 9.17) is 0 Å². The Morgan fingerprint density at radius 1 is 1.44 bits per heavy atom. The molecule has 5 nitrogen and oxygen atoms in total. The second-order valence-electron chi connectivity index (χ2n) is 4.42. The number of non-ortho nitro benzene ring substituents is 1. The third-order valence-corrected chi connectivity index (χ3v) is 3.34. The summed E-state index contributed by atoms with van der Waals surface area (Å²) in [6.45, 7) is 1.79. The van der Waals surface area contributed by atoms with Crippen LogP contribution in [0.1, 0.15) is 23.5 Å². The molecule has 1 aliphatic carbocycles. The molecule has 2 unspecified atom stereocenters. The van der Waals surface area contributed by atoms with Crippen molar-refractivity contribution in [2.45, 2.75) is 19.3 Å². The van der Waals surface area contributed by atoms with E-state index in [2.05, 4.69) is 5.32 Å². The number of rotatable bonds is 1. The second kappa shape index (κ2) is 2.81. The van der Waals surface area contributed by atoms with Crippen LogP contribution in [0.3, 0.4) is 0 Å². The molecule has 0 bridgehead atoms. The maximum atomic E-state index is 11.5. The van der Waals surface area contributed by atoms with Gasteiger partial charge in [0.05, 0.1) is 4.92 Å². The van der Waals surface area contributed by atoms with Crippen LogP contribution in [0.25, 0.3) is 0 Å². The minimum absolute atomic E-state index is 0.0360. The monoisotopic (exact) mass is 218 g/mol. The quantitative estimate of drug-likeness (QED) is 0.578. The standard InChI is InChI=1S/C11H10N2O3/c1-5-2-6(13(15)16)3-8-7-4-9(7)11(14)12-10(5)8/h2-3,7,9H,4H2,1H3,(H,12,14). The minimum Gasteiger partial charge on any atom is -0.325 e. The van der Waals surface area contributed by atoms with Crippen LogP contribution in [0, 0.1) is 23.0 Å². The highest BCUT2D eigenvalue weighted by molar-refractivity contribution is 6.00. The highest BCUT2D eigenvalue weighted by Gasteiger charge is 2.49. The van der Waals surface area contributed by atoms with Gasteiger partial charge in [0.2, 0.25) is 5.91 Å². The van der Waals surface area contributed by atoms with Gasteiger partial charge in [-0.2, -0.15) is 0 Å². The maximum absolute atomic E-state index is 11.5. The number of benzene rings is 1. The Morgan fingerprint density at radius 2 is 2.19 bits per heavy atom. The first-order valence-electron chi connectivity index (χ1n) is 5.17. The van der Waals surface area contributed by atoms with Crippen molar-refractivity contribution >= 4 is 17.3 Å². The van der Waals surface area contributed by atoms with Gasteiger partial charge in [-0.1, -0.05) is 0 Å². The molecule has 1 fully saturated rings. The van der Waals surface area contributed by atoms with Crippen LogP contribution in [-0.2, 0) is 4.79 Å². The average molecular weight is 218 g/mol. The van der Waals surface area contributed by atoms with Crippen molar-refractivity contribution in [2.75, 3.05) is 5.32 Å². The first-order valence-corrected chi connectivity index (χ1v) is 5.17. The van der Waals surface area contributed by atoms with E-state index in [9.17, 15) is 14.9 Å². The van der Waals surface area contributed by atoms with Gasteiger partial charge in [0.15, 0.2) is 0 Å². The molecule has 1 saturated carbocycles. The summed E-state index contributed by atoms with van der Waals surface area (Å²) in [6, 6.07) is 3.09. The lowest BCUT2D eigenvalue weighted by Gasteiger charge is -2.18. The molecule has 16 heavy (non-hydrogen) atoms. The third kappa shape index (κ3) is 1.14. The van der Waals surface area contributed by atoms with E-state index in [-0.39, 0.29) is 28.4 Å². The summed E-state index contributed by atoms with van der Waals surface area (Å²) < 4.78 is 0. The fraction of sp³-hybridized carbons (Fsp3) is 0.364. The summed E-state index contributed by atoms with van der Waals surface area (Å²) in [4.78, 5) is 21.9. The van der Waals surface area contributed by atoms with Gasteiger partial charge in [-0.25, -0.2) is 0 Å². The van der Waals surface area contributed by atoms with Gasteiger partial charge in [-0.15, -0.1) is 0 Å². The zero-order valence-corrected chi connectivity index (χ0v) is 8.69. The van der Waals surface area contributed by atoms with E-state index in [1.54, 1.807) is 13.0 Å². The fourth-order valence-electron chi connectivity index (χ4n) is 2.41. The van der Waals surface area contributed by atoms with E-state index in [0.717, 1.165) is 23.2 Å². The number of nitro benzene ring substituents is 1. The van der Waals surface area contributed by atoms with Crippen LogP contribution in [0.15, 0.2) is 12.1 Å². The molecule has 82 valence electrons. The number of nitro groups is 1. The number of carbonyl (C=O) groups excluding carboxylic acids is 1. The van der Waals surface area contributed by atoms with Crippen LogP contribution < -0.4 is 5.32 Å². The number of hydrogen-bond donors (Lipinski definition) is 1. The topological polar surface area (TPSA) is 72.2 Å². The zero-order valence-electron chi connectivity index (χ0n) is 8.69. The molecule has 1 aromatic rings. The fourth-order valence-corrected chi connectivity index (χ4v) is 2.41. The molecular weight excluding hydrogens is 208 g/mol. The van der Waals surface area contributed by atoms with Crippen molar-refractivity contribution in [1.29, 1.82) is 0 Å². The summed E-state index contributed by atoms with van der Waals surface area (Å²) in [6.07, 6.45) is 0.819. The molecule has 0 saturated heterocycles. The molecular formula is C11H10N2O3. The number of carbonyl (C=O) groups is 1. The number of anilines is 1. The molecule has 2 aliphatic rings. The van der Waals surface area contributed by atoms with E-state index in [1.165, 1.54) is 6.07 Å². The van der Waals surface area contributed by atoms with Gasteiger partial charge in [-0.3, -0.25) is 14.9 Å². The van der Waals surface area contributed by atoms with Gasteiger partial charge in [0, 0.05) is 23.7 Å². The summed E-state index contributed by atoms with van der Waals surface area (Å²) in [7, 11) is 0. The predicted molar refractivity (Wildman–Crippen MR) is 57.3 cm³/mol. The summed E-state index contributed by atoms with van der Waals surface area (Å²) in [5.74, 6) is 0.283. The highest BCUT2D eigenvalue weighted by atomic mass is 16.6. The Balaban J connectivity index is 2.17. The van der Waals surface area contributed by atoms with Crippen molar-refractivity contribution in [3.8, 4) is 0 Å². The van der Waals surface area contributed by atoms with E-state index in [0.29, 0.717) is 0 Å². The normalized spacial score (nSPS) is 25.4. The van der Waals surface area contributed by atoms with Gasteiger partial charge >= 0.3 is 0 Å². The number of nitrogens with one attached hydrogen (secondary N) is 1. The minimum atomic E-state index is -0.388. The Morgan fingerprint density at radius 3 is 2.88 bits per heavy atom. The molecule has 1 aromatic carbocycles. The van der Waals surface area contributed by atoms with Gasteiger partial charge in [0.1, 0.15) is 0 Å². The maximum Gasteiger partial charge on any atom is 0.270 e. The lowest BCUT2D eigenvalue weighted by atomic mass is 9.98. The molecule has 1 heterocycles. The van der Waals surface area contributed by atoms with E-state index >= 15 is 0 Å². The number of fused-ring (bicyclic) bond motifs is 3. The van der Waals surface area contributed by atoms with Crippen LogP contribution in [-0.4, -0.2) is 10.8 Å². The largest absolute Gasteiger partial charge is 0.325 e. The molecule has 0 spiro atoms. The van der Waals surface area contributed by atoms with E-state index < -0.39 is 0 Å². The zero-order chi connectivity index (χ0) is 11.4. The Kier molecular flexibility index (Phi) is 1.64. The van der Waals surface area contributed by atoms with Crippen molar-refractivity contribution < 1.29 is 9.72 Å². The van der Waals surface area contributed by atoms with Gasteiger partial charge in [0.25, 0.3) is 5.69 Å². The van der Waals surface area contributed by atoms with Crippen LogP contribution in [0.4, 0.5) is 11.4 Å². The Bertz CT molecular complexity index is 524.